The lowest BCUT2D eigenvalue weighted by molar-refractivity contribution is -0.139. The summed E-state index contributed by atoms with van der Waals surface area (Å²) in [7, 11) is 1.12. The molecule has 1 aromatic heterocycles. The van der Waals surface area contributed by atoms with Gasteiger partial charge < -0.3 is 4.74 Å². The number of methoxy groups -OCH3 is 1. The number of rotatable bonds is 2. The van der Waals surface area contributed by atoms with Crippen molar-refractivity contribution in [3.05, 3.63) is 47.9 Å². The van der Waals surface area contributed by atoms with Crippen LogP contribution in [0.5, 0.6) is 5.88 Å². The van der Waals surface area contributed by atoms with Crippen LogP contribution in [0.15, 0.2) is 36.5 Å². The number of alkyl halides is 3. The number of hydrogen-bond acceptors (Lipinski definition) is 2. The van der Waals surface area contributed by atoms with Crippen LogP contribution in [0.2, 0.25) is 0 Å². The molecule has 0 aliphatic rings. The van der Waals surface area contributed by atoms with Gasteiger partial charge in [0.1, 0.15) is 11.4 Å². The van der Waals surface area contributed by atoms with E-state index >= 15 is 0 Å². The fourth-order valence-corrected chi connectivity index (χ4v) is 1.62. The molecule has 0 aliphatic heterocycles. The molecule has 0 bridgehead atoms. The van der Waals surface area contributed by atoms with E-state index in [2.05, 4.69) is 9.72 Å². The molecule has 1 heterocycles. The van der Waals surface area contributed by atoms with E-state index in [1.165, 1.54) is 30.5 Å². The van der Waals surface area contributed by atoms with Gasteiger partial charge in [-0.25, -0.2) is 9.37 Å². The number of hydrogen-bond donors (Lipinski definition) is 0. The van der Waals surface area contributed by atoms with E-state index in [1.807, 2.05) is 0 Å². The van der Waals surface area contributed by atoms with Crippen molar-refractivity contribution < 1.29 is 22.3 Å². The van der Waals surface area contributed by atoms with Gasteiger partial charge >= 0.3 is 6.18 Å². The average Bonchev–Trinajstić information content (AvgIpc) is 2.38. The van der Waals surface area contributed by atoms with Crippen molar-refractivity contribution >= 4 is 0 Å². The second-order valence-electron chi connectivity index (χ2n) is 3.79. The van der Waals surface area contributed by atoms with E-state index in [1.54, 1.807) is 0 Å². The Bertz CT molecular complexity index is 578. The van der Waals surface area contributed by atoms with Gasteiger partial charge in [0, 0.05) is 11.8 Å². The smallest absolute Gasteiger partial charge is 0.421 e. The molecule has 0 aliphatic carbocycles. The maximum absolute atomic E-state index is 12.8. The van der Waals surface area contributed by atoms with E-state index < -0.39 is 23.4 Å². The Morgan fingerprint density at radius 2 is 1.68 bits per heavy atom. The predicted octanol–water partition coefficient (Wildman–Crippen LogP) is 3.92. The molecule has 0 unspecified atom stereocenters. The average molecular weight is 271 g/mol. The van der Waals surface area contributed by atoms with Crippen LogP contribution < -0.4 is 4.74 Å². The van der Waals surface area contributed by atoms with Gasteiger partial charge in [0.05, 0.1) is 7.11 Å². The Kier molecular flexibility index (Phi) is 3.42. The largest absolute Gasteiger partial charge is 0.481 e. The van der Waals surface area contributed by atoms with Crippen LogP contribution in [0, 0.1) is 5.82 Å². The highest BCUT2D eigenvalue weighted by atomic mass is 19.4. The SMILES string of the molecule is COc1ncc(-c2ccc(F)cc2)cc1C(F)(F)F. The molecule has 100 valence electrons. The Labute approximate surface area is 106 Å². The van der Waals surface area contributed by atoms with Gasteiger partial charge in [0.2, 0.25) is 5.88 Å². The number of ether oxygens (including phenoxy) is 1. The molecule has 2 nitrogen and oxygen atoms in total. The summed E-state index contributed by atoms with van der Waals surface area (Å²) >= 11 is 0. The van der Waals surface area contributed by atoms with Crippen molar-refractivity contribution in [3.63, 3.8) is 0 Å². The van der Waals surface area contributed by atoms with Gasteiger partial charge in [-0.1, -0.05) is 12.1 Å². The van der Waals surface area contributed by atoms with E-state index in [9.17, 15) is 17.6 Å². The van der Waals surface area contributed by atoms with Crippen molar-refractivity contribution in [1.29, 1.82) is 0 Å². The molecule has 2 rings (SSSR count). The third-order valence-corrected chi connectivity index (χ3v) is 2.53. The minimum Gasteiger partial charge on any atom is -0.481 e. The molecule has 0 spiro atoms. The highest BCUT2D eigenvalue weighted by molar-refractivity contribution is 5.64. The Morgan fingerprint density at radius 3 is 2.21 bits per heavy atom. The van der Waals surface area contributed by atoms with Gasteiger partial charge in [-0.2, -0.15) is 13.2 Å². The first kappa shape index (κ1) is 13.3. The van der Waals surface area contributed by atoms with Gasteiger partial charge in [0.15, 0.2) is 0 Å². The van der Waals surface area contributed by atoms with Crippen molar-refractivity contribution in [2.75, 3.05) is 7.11 Å². The lowest BCUT2D eigenvalue weighted by Gasteiger charge is -2.12. The third kappa shape index (κ3) is 2.83. The van der Waals surface area contributed by atoms with Crippen molar-refractivity contribution in [1.82, 2.24) is 4.98 Å². The number of pyridine rings is 1. The second kappa shape index (κ2) is 4.87. The van der Waals surface area contributed by atoms with Crippen LogP contribution in [-0.4, -0.2) is 12.1 Å². The van der Waals surface area contributed by atoms with E-state index in [4.69, 9.17) is 0 Å². The molecule has 1 aromatic carbocycles. The standard InChI is InChI=1S/C13H9F4NO/c1-19-12-11(13(15,16)17)6-9(7-18-12)8-2-4-10(14)5-3-8/h2-7H,1H3. The Hall–Kier alpha value is -2.11. The maximum atomic E-state index is 12.8. The van der Waals surface area contributed by atoms with E-state index in [-0.39, 0.29) is 5.56 Å². The first-order valence-corrected chi connectivity index (χ1v) is 5.29. The highest BCUT2D eigenvalue weighted by Crippen LogP contribution is 2.37. The summed E-state index contributed by atoms with van der Waals surface area (Å²) < 4.78 is 55.8. The van der Waals surface area contributed by atoms with Gasteiger partial charge in [-0.05, 0) is 23.8 Å². The quantitative estimate of drug-likeness (QED) is 0.772. The minimum absolute atomic E-state index is 0.244. The molecule has 0 atom stereocenters. The molecule has 0 amide bonds. The van der Waals surface area contributed by atoms with Crippen molar-refractivity contribution in [2.24, 2.45) is 0 Å². The molecule has 0 saturated carbocycles. The van der Waals surface area contributed by atoms with Crippen molar-refractivity contribution in [2.45, 2.75) is 6.18 Å². The molecule has 0 fully saturated rings. The fraction of sp³-hybridized carbons (Fsp3) is 0.154. The second-order valence-corrected chi connectivity index (χ2v) is 3.79. The van der Waals surface area contributed by atoms with Crippen LogP contribution in [0.3, 0.4) is 0 Å². The van der Waals surface area contributed by atoms with Gasteiger partial charge in [0.25, 0.3) is 0 Å². The van der Waals surface area contributed by atoms with E-state index in [0.717, 1.165) is 13.2 Å². The number of halogens is 4. The zero-order valence-corrected chi connectivity index (χ0v) is 9.83. The summed E-state index contributed by atoms with van der Waals surface area (Å²) in [6.07, 6.45) is -3.31. The summed E-state index contributed by atoms with van der Waals surface area (Å²) in [5.41, 5.74) is -0.271. The highest BCUT2D eigenvalue weighted by Gasteiger charge is 2.35. The molecular weight excluding hydrogens is 262 g/mol. The predicted molar refractivity (Wildman–Crippen MR) is 61.2 cm³/mol. The number of nitrogens with zero attached hydrogens (tertiary/aromatic N) is 1. The monoisotopic (exact) mass is 271 g/mol. The number of benzene rings is 1. The first-order chi connectivity index (χ1) is 8.91. The number of aromatic nitrogens is 1. The zero-order valence-electron chi connectivity index (χ0n) is 9.83. The van der Waals surface area contributed by atoms with Crippen LogP contribution in [0.4, 0.5) is 17.6 Å². The lowest BCUT2D eigenvalue weighted by Crippen LogP contribution is -2.09. The zero-order chi connectivity index (χ0) is 14.0. The molecule has 0 N–H and O–H groups in total. The summed E-state index contributed by atoms with van der Waals surface area (Å²) in [4.78, 5) is 3.63. The summed E-state index contributed by atoms with van der Waals surface area (Å²) in [6.45, 7) is 0. The topological polar surface area (TPSA) is 22.1 Å². The van der Waals surface area contributed by atoms with Crippen LogP contribution in [-0.2, 0) is 6.18 Å². The Balaban J connectivity index is 2.52. The molecule has 0 radical (unpaired) electrons. The summed E-state index contributed by atoms with van der Waals surface area (Å²) in [5.74, 6) is -0.945. The lowest BCUT2D eigenvalue weighted by atomic mass is 10.1. The molecule has 19 heavy (non-hydrogen) atoms. The molecule has 2 aromatic rings. The van der Waals surface area contributed by atoms with Gasteiger partial charge in [-0.15, -0.1) is 0 Å². The fourth-order valence-electron chi connectivity index (χ4n) is 1.62. The van der Waals surface area contributed by atoms with Crippen LogP contribution >= 0.6 is 0 Å². The first-order valence-electron chi connectivity index (χ1n) is 5.29. The maximum Gasteiger partial charge on any atom is 0.421 e. The third-order valence-electron chi connectivity index (χ3n) is 2.53. The van der Waals surface area contributed by atoms with Crippen LogP contribution in [0.1, 0.15) is 5.56 Å². The molecule has 6 heteroatoms. The molecule has 0 saturated heterocycles. The summed E-state index contributed by atoms with van der Waals surface area (Å²) in [5, 5.41) is 0. The van der Waals surface area contributed by atoms with Crippen LogP contribution in [0.25, 0.3) is 11.1 Å². The Morgan fingerprint density at radius 1 is 1.05 bits per heavy atom. The normalized spacial score (nSPS) is 11.4. The van der Waals surface area contributed by atoms with E-state index in [0.29, 0.717) is 5.56 Å². The minimum atomic E-state index is -4.56. The van der Waals surface area contributed by atoms with Gasteiger partial charge in [-0.3, -0.25) is 0 Å². The summed E-state index contributed by atoms with van der Waals surface area (Å²) in [6, 6.07) is 6.05. The van der Waals surface area contributed by atoms with Crippen molar-refractivity contribution in [3.8, 4) is 17.0 Å². The molecular formula is C13H9F4NO.